The summed E-state index contributed by atoms with van der Waals surface area (Å²) < 4.78 is 5.51. The molecule has 2 heteroatoms. The third-order valence-corrected chi connectivity index (χ3v) is 5.33. The molecular weight excluding hydrogens is 200 g/mol. The Balaban J connectivity index is 1.94. The molecule has 16 heavy (non-hydrogen) atoms. The minimum absolute atomic E-state index is 0.156. The van der Waals surface area contributed by atoms with Crippen molar-refractivity contribution in [1.29, 1.82) is 0 Å². The van der Waals surface area contributed by atoms with Gasteiger partial charge in [-0.2, -0.15) is 0 Å². The first kappa shape index (κ1) is 10.5. The molecule has 0 aliphatic heterocycles. The third-order valence-electron chi connectivity index (χ3n) is 5.33. The van der Waals surface area contributed by atoms with Gasteiger partial charge in [0.05, 0.1) is 6.10 Å². The Hall–Kier alpha value is -0.630. The molecule has 0 aromatic rings. The van der Waals surface area contributed by atoms with Crippen molar-refractivity contribution in [3.63, 3.8) is 0 Å². The van der Waals surface area contributed by atoms with Gasteiger partial charge in [0.2, 0.25) is 0 Å². The van der Waals surface area contributed by atoms with Crippen LogP contribution in [-0.2, 0) is 9.53 Å². The second-order valence-electron chi connectivity index (χ2n) is 6.24. The summed E-state index contributed by atoms with van der Waals surface area (Å²) in [5.74, 6) is 2.44. The average Bonchev–Trinajstić information content (AvgIpc) is 2.84. The zero-order chi connectivity index (χ0) is 11.5. The molecule has 0 heterocycles. The molecule has 2 fully saturated rings. The predicted molar refractivity (Wildman–Crippen MR) is 61.9 cm³/mol. The number of fused-ring (bicyclic) bond motifs is 3. The monoisotopic (exact) mass is 220 g/mol. The molecule has 0 unspecified atom stereocenters. The molecule has 3 aliphatic rings. The minimum Gasteiger partial charge on any atom is -0.381 e. The van der Waals surface area contributed by atoms with Gasteiger partial charge in [0.25, 0.3) is 0 Å². The van der Waals surface area contributed by atoms with Crippen molar-refractivity contribution < 1.29 is 9.53 Å². The summed E-state index contributed by atoms with van der Waals surface area (Å²) in [4.78, 5) is 11.9. The van der Waals surface area contributed by atoms with Crippen LogP contribution in [0.4, 0.5) is 0 Å². The summed E-state index contributed by atoms with van der Waals surface area (Å²) >= 11 is 0. The highest BCUT2D eigenvalue weighted by Crippen LogP contribution is 2.62. The van der Waals surface area contributed by atoms with E-state index in [9.17, 15) is 4.79 Å². The highest BCUT2D eigenvalue weighted by atomic mass is 16.5. The second kappa shape index (κ2) is 3.19. The normalized spacial score (nSPS) is 48.4. The number of hydrogen-bond acceptors (Lipinski definition) is 2. The number of ketones is 1. The van der Waals surface area contributed by atoms with E-state index in [4.69, 9.17) is 4.74 Å². The molecule has 0 aromatic carbocycles. The summed E-state index contributed by atoms with van der Waals surface area (Å²) in [5, 5.41) is 0. The summed E-state index contributed by atoms with van der Waals surface area (Å²) in [6.45, 7) is 4.55. The Morgan fingerprint density at radius 1 is 1.38 bits per heavy atom. The van der Waals surface area contributed by atoms with Crippen LogP contribution >= 0.6 is 0 Å². The van der Waals surface area contributed by atoms with E-state index in [1.807, 2.05) is 13.2 Å². The molecule has 2 saturated carbocycles. The molecule has 0 aromatic heterocycles. The number of allylic oxidation sites excluding steroid dienone is 2. The molecule has 2 nitrogen and oxygen atoms in total. The highest BCUT2D eigenvalue weighted by molar-refractivity contribution is 5.95. The first-order valence-corrected chi connectivity index (χ1v) is 6.30. The van der Waals surface area contributed by atoms with Crippen LogP contribution in [0.15, 0.2) is 12.2 Å². The molecule has 5 atom stereocenters. The van der Waals surface area contributed by atoms with Crippen molar-refractivity contribution in [2.75, 3.05) is 7.11 Å². The maximum atomic E-state index is 11.9. The van der Waals surface area contributed by atoms with Crippen LogP contribution in [0.1, 0.15) is 26.7 Å². The Labute approximate surface area is 97.1 Å². The lowest BCUT2D eigenvalue weighted by molar-refractivity contribution is -0.121. The highest BCUT2D eigenvalue weighted by Gasteiger charge is 2.60. The number of carbonyl (C=O) groups excluding carboxylic acids is 1. The van der Waals surface area contributed by atoms with Gasteiger partial charge < -0.3 is 4.74 Å². The van der Waals surface area contributed by atoms with Crippen LogP contribution in [0, 0.1) is 29.1 Å². The lowest BCUT2D eigenvalue weighted by Gasteiger charge is -2.31. The van der Waals surface area contributed by atoms with Crippen LogP contribution in [-0.4, -0.2) is 19.0 Å². The van der Waals surface area contributed by atoms with Gasteiger partial charge in [0.15, 0.2) is 5.78 Å². The summed E-state index contributed by atoms with van der Waals surface area (Å²) in [6, 6.07) is 0. The van der Waals surface area contributed by atoms with E-state index in [1.165, 1.54) is 0 Å². The van der Waals surface area contributed by atoms with Crippen molar-refractivity contribution >= 4 is 5.78 Å². The topological polar surface area (TPSA) is 26.3 Å². The molecule has 0 N–H and O–H groups in total. The van der Waals surface area contributed by atoms with Crippen LogP contribution in [0.25, 0.3) is 0 Å². The Bertz CT molecular complexity index is 356. The number of ether oxygens (including phenoxy) is 1. The van der Waals surface area contributed by atoms with Crippen LogP contribution in [0.5, 0.6) is 0 Å². The third kappa shape index (κ3) is 1.14. The maximum Gasteiger partial charge on any atom is 0.159 e. The first-order chi connectivity index (χ1) is 7.55. The van der Waals surface area contributed by atoms with Crippen molar-refractivity contribution in [2.24, 2.45) is 29.1 Å². The van der Waals surface area contributed by atoms with Gasteiger partial charge in [-0.15, -0.1) is 0 Å². The van der Waals surface area contributed by atoms with Crippen LogP contribution in [0.3, 0.4) is 0 Å². The van der Waals surface area contributed by atoms with Gasteiger partial charge in [-0.3, -0.25) is 4.79 Å². The lowest BCUT2D eigenvalue weighted by Crippen LogP contribution is -2.31. The molecule has 3 rings (SSSR count). The number of carbonyl (C=O) groups is 1. The van der Waals surface area contributed by atoms with Gasteiger partial charge in [0.1, 0.15) is 0 Å². The molecule has 0 saturated heterocycles. The van der Waals surface area contributed by atoms with E-state index in [0.29, 0.717) is 29.6 Å². The molecule has 0 bridgehead atoms. The van der Waals surface area contributed by atoms with E-state index < -0.39 is 0 Å². The zero-order valence-corrected chi connectivity index (χ0v) is 10.3. The second-order valence-corrected chi connectivity index (χ2v) is 6.24. The van der Waals surface area contributed by atoms with E-state index in [1.54, 1.807) is 0 Å². The van der Waals surface area contributed by atoms with E-state index >= 15 is 0 Å². The fraction of sp³-hybridized carbons (Fsp3) is 0.786. The van der Waals surface area contributed by atoms with Crippen molar-refractivity contribution in [1.82, 2.24) is 0 Å². The molecule has 3 aliphatic carbocycles. The van der Waals surface area contributed by atoms with Gasteiger partial charge in [-0.05, 0) is 42.1 Å². The number of methoxy groups -OCH3 is 1. The van der Waals surface area contributed by atoms with E-state index in [2.05, 4.69) is 19.9 Å². The molecule has 88 valence electrons. The number of hydrogen-bond donors (Lipinski definition) is 0. The standard InChI is InChI=1S/C14H20O2/c1-14(2)11-7-8(16-3)6-10(11)9-4-5-12(15)13(9)14/h4-5,8-11,13H,6-7H2,1-3H3/t8-,9-,10-,11-,13+/m1/s1. The van der Waals surface area contributed by atoms with Crippen molar-refractivity contribution in [3.8, 4) is 0 Å². The first-order valence-electron chi connectivity index (χ1n) is 6.30. The Kier molecular flexibility index (Phi) is 2.10. The van der Waals surface area contributed by atoms with Crippen molar-refractivity contribution in [3.05, 3.63) is 12.2 Å². The lowest BCUT2D eigenvalue weighted by atomic mass is 9.73. The van der Waals surface area contributed by atoms with E-state index in [0.717, 1.165) is 12.8 Å². The summed E-state index contributed by atoms with van der Waals surface area (Å²) in [5.41, 5.74) is 0.156. The summed E-state index contributed by atoms with van der Waals surface area (Å²) in [7, 11) is 1.81. The Morgan fingerprint density at radius 3 is 2.81 bits per heavy atom. The fourth-order valence-electron chi connectivity index (χ4n) is 4.59. The Morgan fingerprint density at radius 2 is 2.12 bits per heavy atom. The minimum atomic E-state index is 0.156. The summed E-state index contributed by atoms with van der Waals surface area (Å²) in [6.07, 6.45) is 6.68. The average molecular weight is 220 g/mol. The van der Waals surface area contributed by atoms with Gasteiger partial charge in [-0.1, -0.05) is 19.9 Å². The van der Waals surface area contributed by atoms with Gasteiger partial charge >= 0.3 is 0 Å². The SMILES string of the molecule is CO[C@@H]1C[C@@H]2[C@H]3C=CC(=O)[C@H]3C(C)(C)[C@@H]2C1. The predicted octanol–water partition coefficient (Wildman–Crippen LogP) is 2.44. The maximum absolute atomic E-state index is 11.9. The molecule has 0 amide bonds. The zero-order valence-electron chi connectivity index (χ0n) is 10.3. The van der Waals surface area contributed by atoms with E-state index in [-0.39, 0.29) is 11.3 Å². The molecule has 0 spiro atoms. The largest absolute Gasteiger partial charge is 0.381 e. The van der Waals surface area contributed by atoms with Gasteiger partial charge in [0, 0.05) is 13.0 Å². The molecule has 0 radical (unpaired) electrons. The van der Waals surface area contributed by atoms with Crippen molar-refractivity contribution in [2.45, 2.75) is 32.8 Å². The smallest absolute Gasteiger partial charge is 0.159 e. The van der Waals surface area contributed by atoms with Crippen LogP contribution in [0.2, 0.25) is 0 Å². The number of rotatable bonds is 1. The van der Waals surface area contributed by atoms with Crippen LogP contribution < -0.4 is 0 Å². The quantitative estimate of drug-likeness (QED) is 0.678. The molecular formula is C14H20O2. The fourth-order valence-corrected chi connectivity index (χ4v) is 4.59. The van der Waals surface area contributed by atoms with Gasteiger partial charge in [-0.25, -0.2) is 0 Å².